The van der Waals surface area contributed by atoms with Crippen molar-refractivity contribution >= 4 is 5.69 Å². The SMILES string of the molecule is CC(NCCCCn1ccnc1)c1cccc([N+](=O)[O-])c1. The molecule has 1 N–H and O–H groups in total. The van der Waals surface area contributed by atoms with Crippen LogP contribution in [-0.2, 0) is 6.54 Å². The van der Waals surface area contributed by atoms with Crippen LogP contribution in [0.2, 0.25) is 0 Å². The predicted molar refractivity (Wildman–Crippen MR) is 81.0 cm³/mol. The Hall–Kier alpha value is -2.21. The first-order chi connectivity index (χ1) is 10.2. The number of unbranched alkanes of at least 4 members (excludes halogenated alkanes) is 1. The molecule has 0 bridgehead atoms. The van der Waals surface area contributed by atoms with Crippen molar-refractivity contribution in [2.75, 3.05) is 6.54 Å². The number of hydrogen-bond donors (Lipinski definition) is 1. The first-order valence-corrected chi connectivity index (χ1v) is 7.10. The van der Waals surface area contributed by atoms with Gasteiger partial charge in [-0.15, -0.1) is 0 Å². The van der Waals surface area contributed by atoms with Gasteiger partial charge in [-0.05, 0) is 31.9 Å². The monoisotopic (exact) mass is 288 g/mol. The van der Waals surface area contributed by atoms with Crippen LogP contribution in [0, 0.1) is 10.1 Å². The molecular weight excluding hydrogens is 268 g/mol. The van der Waals surface area contributed by atoms with Gasteiger partial charge in [0, 0.05) is 37.1 Å². The lowest BCUT2D eigenvalue weighted by Crippen LogP contribution is -2.20. The minimum atomic E-state index is -0.360. The number of rotatable bonds is 8. The number of imidazole rings is 1. The lowest BCUT2D eigenvalue weighted by Gasteiger charge is -2.14. The Morgan fingerprint density at radius 2 is 2.29 bits per heavy atom. The Morgan fingerprint density at radius 3 is 3.00 bits per heavy atom. The number of non-ortho nitro benzene ring substituents is 1. The highest BCUT2D eigenvalue weighted by atomic mass is 16.6. The van der Waals surface area contributed by atoms with Crippen LogP contribution < -0.4 is 5.32 Å². The summed E-state index contributed by atoms with van der Waals surface area (Å²) in [4.78, 5) is 14.4. The van der Waals surface area contributed by atoms with Crippen molar-refractivity contribution in [1.29, 1.82) is 0 Å². The van der Waals surface area contributed by atoms with Gasteiger partial charge in [-0.25, -0.2) is 4.98 Å². The number of nitro groups is 1. The van der Waals surface area contributed by atoms with Crippen molar-refractivity contribution in [3.8, 4) is 0 Å². The molecule has 1 unspecified atom stereocenters. The largest absolute Gasteiger partial charge is 0.337 e. The van der Waals surface area contributed by atoms with Crippen LogP contribution in [0.1, 0.15) is 31.4 Å². The van der Waals surface area contributed by atoms with Crippen LogP contribution in [0.3, 0.4) is 0 Å². The van der Waals surface area contributed by atoms with E-state index < -0.39 is 0 Å². The lowest BCUT2D eigenvalue weighted by atomic mass is 10.1. The molecule has 2 rings (SSSR count). The zero-order valence-electron chi connectivity index (χ0n) is 12.1. The fourth-order valence-electron chi connectivity index (χ4n) is 2.18. The van der Waals surface area contributed by atoms with Crippen LogP contribution in [0.4, 0.5) is 5.69 Å². The number of nitrogens with zero attached hydrogens (tertiary/aromatic N) is 3. The normalized spacial score (nSPS) is 12.2. The lowest BCUT2D eigenvalue weighted by molar-refractivity contribution is -0.384. The fraction of sp³-hybridized carbons (Fsp3) is 0.400. The van der Waals surface area contributed by atoms with Gasteiger partial charge < -0.3 is 9.88 Å². The molecular formula is C15H20N4O2. The molecule has 112 valence electrons. The Morgan fingerprint density at radius 1 is 1.43 bits per heavy atom. The van der Waals surface area contributed by atoms with Crippen LogP contribution in [0.25, 0.3) is 0 Å². The van der Waals surface area contributed by atoms with Gasteiger partial charge in [0.25, 0.3) is 5.69 Å². The van der Waals surface area contributed by atoms with Crippen molar-refractivity contribution in [1.82, 2.24) is 14.9 Å². The van der Waals surface area contributed by atoms with Crippen LogP contribution in [0.15, 0.2) is 43.0 Å². The van der Waals surface area contributed by atoms with E-state index in [2.05, 4.69) is 14.9 Å². The summed E-state index contributed by atoms with van der Waals surface area (Å²) in [6.07, 6.45) is 7.68. The number of nitro benzene ring substituents is 1. The molecule has 0 spiro atoms. The van der Waals surface area contributed by atoms with Gasteiger partial charge in [0.2, 0.25) is 0 Å². The molecule has 6 heteroatoms. The summed E-state index contributed by atoms with van der Waals surface area (Å²) in [5, 5.41) is 14.2. The summed E-state index contributed by atoms with van der Waals surface area (Å²) in [6, 6.07) is 6.89. The second-order valence-electron chi connectivity index (χ2n) is 5.04. The summed E-state index contributed by atoms with van der Waals surface area (Å²) in [6.45, 7) is 3.88. The molecule has 0 saturated heterocycles. The first kappa shape index (κ1) is 15.2. The van der Waals surface area contributed by atoms with Gasteiger partial charge in [0.05, 0.1) is 11.3 Å². The number of aryl methyl sites for hydroxylation is 1. The maximum atomic E-state index is 10.8. The van der Waals surface area contributed by atoms with E-state index in [1.165, 1.54) is 6.07 Å². The molecule has 1 heterocycles. The van der Waals surface area contributed by atoms with E-state index in [0.717, 1.165) is 31.5 Å². The van der Waals surface area contributed by atoms with E-state index >= 15 is 0 Å². The smallest absolute Gasteiger partial charge is 0.269 e. The third-order valence-electron chi connectivity index (χ3n) is 3.43. The molecule has 1 aromatic heterocycles. The average Bonchev–Trinajstić information content (AvgIpc) is 3.00. The second-order valence-corrected chi connectivity index (χ2v) is 5.04. The topological polar surface area (TPSA) is 73.0 Å². The molecule has 0 saturated carbocycles. The van der Waals surface area contributed by atoms with Crippen molar-refractivity contribution in [3.05, 3.63) is 58.7 Å². The summed E-state index contributed by atoms with van der Waals surface area (Å²) < 4.78 is 2.06. The number of benzene rings is 1. The quantitative estimate of drug-likeness (QED) is 0.460. The third kappa shape index (κ3) is 4.68. The Balaban J connectivity index is 1.72. The molecule has 1 aromatic carbocycles. The van der Waals surface area contributed by atoms with Crippen LogP contribution in [0.5, 0.6) is 0 Å². The Bertz CT molecular complexity index is 569. The average molecular weight is 288 g/mol. The maximum Gasteiger partial charge on any atom is 0.269 e. The Kier molecular flexibility index (Phi) is 5.45. The highest BCUT2D eigenvalue weighted by Gasteiger charge is 2.10. The van der Waals surface area contributed by atoms with Gasteiger partial charge in [0.15, 0.2) is 0 Å². The van der Waals surface area contributed by atoms with E-state index in [4.69, 9.17) is 0 Å². The van der Waals surface area contributed by atoms with Gasteiger partial charge in [-0.3, -0.25) is 10.1 Å². The molecule has 1 atom stereocenters. The van der Waals surface area contributed by atoms with E-state index in [1.807, 2.05) is 25.5 Å². The van der Waals surface area contributed by atoms with Crippen molar-refractivity contribution in [3.63, 3.8) is 0 Å². The van der Waals surface area contributed by atoms with E-state index in [1.54, 1.807) is 18.3 Å². The Labute approximate surface area is 124 Å². The van der Waals surface area contributed by atoms with Gasteiger partial charge in [0.1, 0.15) is 0 Å². The molecule has 0 aliphatic carbocycles. The van der Waals surface area contributed by atoms with E-state index in [-0.39, 0.29) is 16.7 Å². The molecule has 0 aliphatic rings. The van der Waals surface area contributed by atoms with Crippen LogP contribution >= 0.6 is 0 Å². The molecule has 0 fully saturated rings. The van der Waals surface area contributed by atoms with Gasteiger partial charge >= 0.3 is 0 Å². The zero-order valence-corrected chi connectivity index (χ0v) is 12.1. The standard InChI is InChI=1S/C15H20N4O2/c1-13(14-5-4-6-15(11-14)19(20)21)17-7-2-3-9-18-10-8-16-12-18/h4-6,8,10-13,17H,2-3,7,9H2,1H3. The fourth-order valence-corrected chi connectivity index (χ4v) is 2.18. The van der Waals surface area contributed by atoms with Crippen molar-refractivity contribution in [2.45, 2.75) is 32.4 Å². The number of aromatic nitrogens is 2. The molecule has 6 nitrogen and oxygen atoms in total. The predicted octanol–water partition coefficient (Wildman–Crippen LogP) is 2.92. The summed E-state index contributed by atoms with van der Waals surface area (Å²) in [5.74, 6) is 0. The molecule has 0 amide bonds. The highest BCUT2D eigenvalue weighted by molar-refractivity contribution is 5.35. The van der Waals surface area contributed by atoms with E-state index in [9.17, 15) is 10.1 Å². The van der Waals surface area contributed by atoms with Gasteiger partial charge in [-0.2, -0.15) is 0 Å². The van der Waals surface area contributed by atoms with Crippen molar-refractivity contribution in [2.24, 2.45) is 0 Å². The number of nitrogens with one attached hydrogen (secondary N) is 1. The minimum Gasteiger partial charge on any atom is -0.337 e. The van der Waals surface area contributed by atoms with E-state index in [0.29, 0.717) is 0 Å². The summed E-state index contributed by atoms with van der Waals surface area (Å²) >= 11 is 0. The third-order valence-corrected chi connectivity index (χ3v) is 3.43. The molecule has 0 aliphatic heterocycles. The molecule has 2 aromatic rings. The van der Waals surface area contributed by atoms with Crippen molar-refractivity contribution < 1.29 is 4.92 Å². The first-order valence-electron chi connectivity index (χ1n) is 7.10. The van der Waals surface area contributed by atoms with Crippen LogP contribution in [-0.4, -0.2) is 21.0 Å². The maximum absolute atomic E-state index is 10.8. The molecule has 21 heavy (non-hydrogen) atoms. The summed E-state index contributed by atoms with van der Waals surface area (Å²) in [5.41, 5.74) is 1.08. The molecule has 0 radical (unpaired) electrons. The highest BCUT2D eigenvalue weighted by Crippen LogP contribution is 2.18. The minimum absolute atomic E-state index is 0.109. The summed E-state index contributed by atoms with van der Waals surface area (Å²) in [7, 11) is 0. The van der Waals surface area contributed by atoms with Gasteiger partial charge in [-0.1, -0.05) is 12.1 Å². The number of hydrogen-bond acceptors (Lipinski definition) is 4. The zero-order chi connectivity index (χ0) is 15.1. The second kappa shape index (κ2) is 7.54.